The van der Waals surface area contributed by atoms with Crippen molar-refractivity contribution in [1.82, 2.24) is 4.90 Å². The first-order chi connectivity index (χ1) is 11.0. The van der Waals surface area contributed by atoms with Crippen LogP contribution in [-0.2, 0) is 11.3 Å². The molecule has 1 heterocycles. The summed E-state index contributed by atoms with van der Waals surface area (Å²) in [6, 6.07) is 14.9. The average molecular weight is 456 g/mol. The minimum atomic E-state index is -0.256. The van der Waals surface area contributed by atoms with Gasteiger partial charge >= 0.3 is 0 Å². The lowest BCUT2D eigenvalue weighted by Gasteiger charge is -2.12. The molecule has 1 aliphatic rings. The molecule has 2 aromatic rings. The Morgan fingerprint density at radius 1 is 1.04 bits per heavy atom. The van der Waals surface area contributed by atoms with E-state index in [2.05, 4.69) is 22.6 Å². The van der Waals surface area contributed by atoms with Crippen molar-refractivity contribution in [1.29, 1.82) is 0 Å². The van der Waals surface area contributed by atoms with E-state index >= 15 is 0 Å². The molecule has 2 amide bonds. The molecule has 0 aromatic heterocycles. The predicted molar refractivity (Wildman–Crippen MR) is 102 cm³/mol. The van der Waals surface area contributed by atoms with Gasteiger partial charge in [0.2, 0.25) is 0 Å². The maximum atomic E-state index is 12.4. The second kappa shape index (κ2) is 7.07. The molecule has 0 unspecified atom stereocenters. The summed E-state index contributed by atoms with van der Waals surface area (Å²) in [5, 5.41) is 0.378. The van der Waals surface area contributed by atoms with Gasteiger partial charge in [0.15, 0.2) is 0 Å². The van der Waals surface area contributed by atoms with E-state index < -0.39 is 0 Å². The lowest BCUT2D eigenvalue weighted by atomic mass is 10.2. The summed E-state index contributed by atoms with van der Waals surface area (Å²) in [5.74, 6) is -0.256. The van der Waals surface area contributed by atoms with Crippen LogP contribution in [0.5, 0.6) is 0 Å². The van der Waals surface area contributed by atoms with Crippen LogP contribution in [0.2, 0.25) is 5.02 Å². The lowest BCUT2D eigenvalue weighted by molar-refractivity contribution is -0.123. The van der Waals surface area contributed by atoms with Crippen molar-refractivity contribution in [2.75, 3.05) is 0 Å². The molecule has 2 aromatic carbocycles. The normalized spacial score (nSPS) is 16.4. The van der Waals surface area contributed by atoms with Crippen LogP contribution in [0.3, 0.4) is 0 Å². The summed E-state index contributed by atoms with van der Waals surface area (Å²) in [6.45, 7) is 0.256. The second-order valence-electron chi connectivity index (χ2n) is 4.95. The number of hydrogen-bond donors (Lipinski definition) is 0. The third-order valence-corrected chi connectivity index (χ3v) is 5.17. The van der Waals surface area contributed by atoms with Crippen LogP contribution in [0.15, 0.2) is 53.4 Å². The van der Waals surface area contributed by atoms with E-state index in [1.54, 1.807) is 18.2 Å². The third kappa shape index (κ3) is 3.97. The Morgan fingerprint density at radius 3 is 2.35 bits per heavy atom. The summed E-state index contributed by atoms with van der Waals surface area (Å²) >= 11 is 9.04. The maximum absolute atomic E-state index is 12.4. The van der Waals surface area contributed by atoms with E-state index in [1.807, 2.05) is 36.4 Å². The quantitative estimate of drug-likeness (QED) is 0.473. The van der Waals surface area contributed by atoms with Gasteiger partial charge in [0.1, 0.15) is 0 Å². The summed E-state index contributed by atoms with van der Waals surface area (Å²) in [7, 11) is 0. The Bertz CT molecular complexity index is 787. The highest BCUT2D eigenvalue weighted by Gasteiger charge is 2.34. The minimum Gasteiger partial charge on any atom is -0.268 e. The van der Waals surface area contributed by atoms with Gasteiger partial charge in [0.05, 0.1) is 11.4 Å². The number of benzene rings is 2. The molecular formula is C17H11ClINO2S. The average Bonchev–Trinajstić information content (AvgIpc) is 2.79. The van der Waals surface area contributed by atoms with E-state index in [0.717, 1.165) is 26.5 Å². The van der Waals surface area contributed by atoms with Crippen molar-refractivity contribution in [3.63, 3.8) is 0 Å². The number of thioether (sulfide) groups is 1. The molecule has 3 rings (SSSR count). The molecule has 1 aliphatic heterocycles. The number of amides is 2. The first-order valence-corrected chi connectivity index (χ1v) is 9.05. The molecule has 0 saturated carbocycles. The number of hydrogen-bond acceptors (Lipinski definition) is 3. The van der Waals surface area contributed by atoms with Gasteiger partial charge in [-0.1, -0.05) is 35.9 Å². The number of carbonyl (C=O) groups excluding carboxylic acids is 2. The molecule has 116 valence electrons. The highest BCUT2D eigenvalue weighted by molar-refractivity contribution is 14.1. The summed E-state index contributed by atoms with van der Waals surface area (Å²) in [4.78, 5) is 26.3. The maximum Gasteiger partial charge on any atom is 0.293 e. The molecule has 0 aliphatic carbocycles. The predicted octanol–water partition coefficient (Wildman–Crippen LogP) is 5.18. The second-order valence-corrected chi connectivity index (χ2v) is 7.62. The van der Waals surface area contributed by atoms with Crippen LogP contribution in [0, 0.1) is 3.57 Å². The molecule has 1 saturated heterocycles. The molecule has 3 nitrogen and oxygen atoms in total. The zero-order chi connectivity index (χ0) is 16.4. The monoisotopic (exact) mass is 455 g/mol. The van der Waals surface area contributed by atoms with Crippen molar-refractivity contribution in [2.24, 2.45) is 0 Å². The SMILES string of the molecule is O=C1SC(=Cc2ccc(I)cc2)C(=O)N1Cc1ccc(Cl)cc1. The van der Waals surface area contributed by atoms with Gasteiger partial charge in [-0.15, -0.1) is 0 Å². The van der Waals surface area contributed by atoms with Gasteiger partial charge in [-0.05, 0) is 75.8 Å². The highest BCUT2D eigenvalue weighted by Crippen LogP contribution is 2.33. The van der Waals surface area contributed by atoms with Gasteiger partial charge in [-0.2, -0.15) is 0 Å². The van der Waals surface area contributed by atoms with E-state index in [1.165, 1.54) is 4.90 Å². The molecule has 0 N–H and O–H groups in total. The number of nitrogens with zero attached hydrogens (tertiary/aromatic N) is 1. The van der Waals surface area contributed by atoms with Crippen LogP contribution in [-0.4, -0.2) is 16.0 Å². The zero-order valence-corrected chi connectivity index (χ0v) is 15.6. The van der Waals surface area contributed by atoms with Crippen LogP contribution >= 0.6 is 46.0 Å². The van der Waals surface area contributed by atoms with Crippen molar-refractivity contribution in [2.45, 2.75) is 6.54 Å². The summed E-state index contributed by atoms with van der Waals surface area (Å²) < 4.78 is 1.12. The minimum absolute atomic E-state index is 0.248. The zero-order valence-electron chi connectivity index (χ0n) is 11.8. The fourth-order valence-corrected chi connectivity index (χ4v) is 3.44. The van der Waals surface area contributed by atoms with E-state index in [4.69, 9.17) is 11.6 Å². The fourth-order valence-electron chi connectivity index (χ4n) is 2.12. The van der Waals surface area contributed by atoms with Crippen molar-refractivity contribution in [3.8, 4) is 0 Å². The van der Waals surface area contributed by atoms with Crippen LogP contribution < -0.4 is 0 Å². The van der Waals surface area contributed by atoms with Gasteiger partial charge in [-0.3, -0.25) is 14.5 Å². The Labute approximate surface area is 156 Å². The first-order valence-electron chi connectivity index (χ1n) is 6.78. The highest BCUT2D eigenvalue weighted by atomic mass is 127. The van der Waals surface area contributed by atoms with Crippen LogP contribution in [0.1, 0.15) is 11.1 Å². The van der Waals surface area contributed by atoms with Gasteiger partial charge in [0.25, 0.3) is 11.1 Å². The summed E-state index contributed by atoms with van der Waals surface area (Å²) in [6.07, 6.45) is 1.75. The summed E-state index contributed by atoms with van der Waals surface area (Å²) in [5.41, 5.74) is 1.77. The van der Waals surface area contributed by atoms with Crippen LogP contribution in [0.25, 0.3) is 6.08 Å². The number of imide groups is 1. The van der Waals surface area contributed by atoms with Gasteiger partial charge < -0.3 is 0 Å². The fraction of sp³-hybridized carbons (Fsp3) is 0.0588. The van der Waals surface area contributed by atoms with E-state index in [-0.39, 0.29) is 17.7 Å². The first kappa shape index (κ1) is 16.5. The number of carbonyl (C=O) groups is 2. The Morgan fingerprint density at radius 2 is 1.70 bits per heavy atom. The Hall–Kier alpha value is -1.31. The van der Waals surface area contributed by atoms with Crippen molar-refractivity contribution >= 4 is 63.2 Å². The molecule has 1 fully saturated rings. The molecule has 23 heavy (non-hydrogen) atoms. The molecule has 0 spiro atoms. The van der Waals surface area contributed by atoms with E-state index in [9.17, 15) is 9.59 Å². The molecular weight excluding hydrogens is 445 g/mol. The number of halogens is 2. The Balaban J connectivity index is 1.79. The lowest BCUT2D eigenvalue weighted by Crippen LogP contribution is -2.27. The Kier molecular flexibility index (Phi) is 5.08. The molecule has 0 bridgehead atoms. The molecule has 6 heteroatoms. The molecule has 0 radical (unpaired) electrons. The molecule has 0 atom stereocenters. The van der Waals surface area contributed by atoms with E-state index in [0.29, 0.717) is 9.93 Å². The van der Waals surface area contributed by atoms with Gasteiger partial charge in [0, 0.05) is 8.59 Å². The standard InChI is InChI=1S/C17H11ClINO2S/c18-13-5-1-12(2-6-13)10-20-16(21)15(23-17(20)22)9-11-3-7-14(19)8-4-11/h1-9H,10H2. The van der Waals surface area contributed by atoms with Crippen LogP contribution in [0.4, 0.5) is 4.79 Å². The number of rotatable bonds is 3. The largest absolute Gasteiger partial charge is 0.293 e. The van der Waals surface area contributed by atoms with Gasteiger partial charge in [-0.25, -0.2) is 0 Å². The topological polar surface area (TPSA) is 37.4 Å². The van der Waals surface area contributed by atoms with Crippen molar-refractivity contribution in [3.05, 3.63) is 73.2 Å². The smallest absolute Gasteiger partial charge is 0.268 e. The van der Waals surface area contributed by atoms with Crippen molar-refractivity contribution < 1.29 is 9.59 Å². The third-order valence-electron chi connectivity index (χ3n) is 3.30.